The smallest absolute Gasteiger partial charge is 0.326 e. The first kappa shape index (κ1) is 23.5. The Morgan fingerprint density at radius 3 is 2.65 bits per heavy atom. The lowest BCUT2D eigenvalue weighted by Gasteiger charge is -2.42. The van der Waals surface area contributed by atoms with Crippen LogP contribution in [-0.4, -0.2) is 51.4 Å². The zero-order valence-corrected chi connectivity index (χ0v) is 18.6. The van der Waals surface area contributed by atoms with Gasteiger partial charge in [0.05, 0.1) is 24.3 Å². The number of nitrogens with one attached hydrogen (secondary N) is 1. The molecule has 1 fully saturated rings. The van der Waals surface area contributed by atoms with Gasteiger partial charge in [-0.3, -0.25) is 15.0 Å². The van der Waals surface area contributed by atoms with Crippen molar-refractivity contribution in [3.63, 3.8) is 0 Å². The molecule has 1 aromatic carbocycles. The molecule has 34 heavy (non-hydrogen) atoms. The van der Waals surface area contributed by atoms with E-state index >= 15 is 0 Å². The van der Waals surface area contributed by atoms with Crippen molar-refractivity contribution in [1.29, 1.82) is 0 Å². The number of nitro benzene ring substituents is 1. The summed E-state index contributed by atoms with van der Waals surface area (Å²) in [6.45, 7) is 2.50. The van der Waals surface area contributed by atoms with E-state index in [0.29, 0.717) is 12.1 Å². The molecule has 0 atom stereocenters. The fourth-order valence-corrected chi connectivity index (χ4v) is 4.22. The standard InChI is InChI=1S/C21H23F3N6O4/c1-3-28-11-12-10-25-19(26-15-9-16(30(32)33)14(22)8-17(15)34-2)27-18(12)29(20(28)31)13-4-6-21(23,24)7-5-13/h8-10,13H,3-7,11H2,1-2H3,(H,25,26,27). The lowest BCUT2D eigenvalue weighted by Crippen LogP contribution is -2.53. The lowest BCUT2D eigenvalue weighted by atomic mass is 9.90. The summed E-state index contributed by atoms with van der Waals surface area (Å²) in [7, 11) is 1.28. The normalized spacial score (nSPS) is 18.0. The molecular formula is C21H23F3N6O4. The van der Waals surface area contributed by atoms with Crippen LogP contribution >= 0.6 is 0 Å². The lowest BCUT2D eigenvalue weighted by molar-refractivity contribution is -0.387. The summed E-state index contributed by atoms with van der Waals surface area (Å²) in [6, 6.07) is 1.05. The Balaban J connectivity index is 1.70. The Labute approximate surface area is 192 Å². The van der Waals surface area contributed by atoms with E-state index in [1.165, 1.54) is 18.2 Å². The number of nitrogens with zero attached hydrogens (tertiary/aromatic N) is 5. The van der Waals surface area contributed by atoms with Gasteiger partial charge >= 0.3 is 11.7 Å². The molecule has 10 nitrogen and oxygen atoms in total. The molecule has 1 saturated carbocycles. The zero-order chi connectivity index (χ0) is 24.6. The van der Waals surface area contributed by atoms with Crippen molar-refractivity contribution in [2.75, 3.05) is 23.9 Å². The fourth-order valence-electron chi connectivity index (χ4n) is 4.22. The number of carbonyl (C=O) groups is 1. The van der Waals surface area contributed by atoms with Crippen LogP contribution in [0.15, 0.2) is 18.3 Å². The van der Waals surface area contributed by atoms with Crippen molar-refractivity contribution in [2.45, 2.75) is 51.1 Å². The van der Waals surface area contributed by atoms with Crippen LogP contribution in [0.5, 0.6) is 5.75 Å². The molecule has 1 aliphatic heterocycles. The molecule has 4 rings (SSSR count). The van der Waals surface area contributed by atoms with Gasteiger partial charge in [0.25, 0.3) is 0 Å². The maximum absolute atomic E-state index is 14.0. The summed E-state index contributed by atoms with van der Waals surface area (Å²) >= 11 is 0. The quantitative estimate of drug-likeness (QED) is 0.474. The highest BCUT2D eigenvalue weighted by Crippen LogP contribution is 2.39. The van der Waals surface area contributed by atoms with Crippen LogP contribution in [0.25, 0.3) is 0 Å². The third-order valence-corrected chi connectivity index (χ3v) is 6.05. The summed E-state index contributed by atoms with van der Waals surface area (Å²) < 4.78 is 46.6. The van der Waals surface area contributed by atoms with E-state index < -0.39 is 28.4 Å². The number of fused-ring (bicyclic) bond motifs is 1. The van der Waals surface area contributed by atoms with Gasteiger partial charge in [0, 0.05) is 49.3 Å². The Morgan fingerprint density at radius 1 is 1.32 bits per heavy atom. The summed E-state index contributed by atoms with van der Waals surface area (Å²) in [4.78, 5) is 35.1. The third-order valence-electron chi connectivity index (χ3n) is 6.05. The molecule has 2 heterocycles. The second-order valence-corrected chi connectivity index (χ2v) is 8.18. The second kappa shape index (κ2) is 8.95. The van der Waals surface area contributed by atoms with Crippen molar-refractivity contribution < 1.29 is 27.6 Å². The van der Waals surface area contributed by atoms with Gasteiger partial charge in [0.15, 0.2) is 0 Å². The van der Waals surface area contributed by atoms with Gasteiger partial charge in [-0.1, -0.05) is 0 Å². The number of hydrogen-bond acceptors (Lipinski definition) is 7. The van der Waals surface area contributed by atoms with Crippen LogP contribution in [-0.2, 0) is 6.54 Å². The predicted octanol–water partition coefficient (Wildman–Crippen LogP) is 4.62. The van der Waals surface area contributed by atoms with Crippen molar-refractivity contribution in [3.05, 3.63) is 39.8 Å². The Bertz CT molecular complexity index is 1120. The number of urea groups is 1. The van der Waals surface area contributed by atoms with E-state index in [9.17, 15) is 28.1 Å². The number of ether oxygens (including phenoxy) is 1. The molecule has 0 bridgehead atoms. The molecule has 0 saturated heterocycles. The molecule has 2 aromatic rings. The maximum atomic E-state index is 14.0. The molecular weight excluding hydrogens is 457 g/mol. The van der Waals surface area contributed by atoms with Gasteiger partial charge in [0.1, 0.15) is 11.6 Å². The summed E-state index contributed by atoms with van der Waals surface area (Å²) in [6.07, 6.45) is 1.11. The topological polar surface area (TPSA) is 114 Å². The Hall–Kier alpha value is -3.64. The summed E-state index contributed by atoms with van der Waals surface area (Å²) in [5.41, 5.74) is -0.0714. The number of carbonyl (C=O) groups excluding carboxylic acids is 1. The van der Waals surface area contributed by atoms with Crippen LogP contribution < -0.4 is 15.0 Å². The molecule has 0 spiro atoms. The first-order chi connectivity index (χ1) is 16.1. The van der Waals surface area contributed by atoms with Crippen molar-refractivity contribution in [3.8, 4) is 5.75 Å². The number of alkyl halides is 2. The molecule has 1 N–H and O–H groups in total. The number of benzene rings is 1. The van der Waals surface area contributed by atoms with Gasteiger partial charge in [-0.15, -0.1) is 0 Å². The molecule has 2 aliphatic rings. The van der Waals surface area contributed by atoms with Crippen molar-refractivity contribution >= 4 is 29.2 Å². The van der Waals surface area contributed by atoms with Crippen LogP contribution in [0.3, 0.4) is 0 Å². The number of aromatic nitrogens is 2. The Kier molecular flexibility index (Phi) is 6.19. The van der Waals surface area contributed by atoms with Crippen molar-refractivity contribution in [1.82, 2.24) is 14.9 Å². The summed E-state index contributed by atoms with van der Waals surface area (Å²) in [5.74, 6) is -3.55. The van der Waals surface area contributed by atoms with Gasteiger partial charge in [0.2, 0.25) is 17.7 Å². The fraction of sp³-hybridized carbons (Fsp3) is 0.476. The Morgan fingerprint density at radius 2 is 2.03 bits per heavy atom. The van der Waals surface area contributed by atoms with Gasteiger partial charge < -0.3 is 15.0 Å². The van der Waals surface area contributed by atoms with Crippen LogP contribution in [0, 0.1) is 15.9 Å². The van der Waals surface area contributed by atoms with Crippen LogP contribution in [0.1, 0.15) is 38.2 Å². The van der Waals surface area contributed by atoms with E-state index in [4.69, 9.17) is 4.74 Å². The molecule has 182 valence electrons. The maximum Gasteiger partial charge on any atom is 0.326 e. The molecule has 1 aromatic heterocycles. The predicted molar refractivity (Wildman–Crippen MR) is 116 cm³/mol. The average Bonchev–Trinajstić information content (AvgIpc) is 2.80. The number of anilines is 3. The number of rotatable bonds is 6. The minimum atomic E-state index is -2.76. The van der Waals surface area contributed by atoms with E-state index in [0.717, 1.165) is 12.1 Å². The van der Waals surface area contributed by atoms with E-state index in [1.807, 2.05) is 6.92 Å². The minimum absolute atomic E-state index is 0.0102. The van der Waals surface area contributed by atoms with Gasteiger partial charge in [-0.2, -0.15) is 9.37 Å². The van der Waals surface area contributed by atoms with Gasteiger partial charge in [-0.25, -0.2) is 18.6 Å². The third kappa shape index (κ3) is 4.41. The molecule has 0 unspecified atom stereocenters. The number of amides is 2. The first-order valence-electron chi connectivity index (χ1n) is 10.7. The SMILES string of the molecule is CCN1Cc2cnc(Nc3cc([N+](=O)[O-])c(F)cc3OC)nc2N(C2CCC(F)(F)CC2)C1=O. The molecule has 1 aliphatic carbocycles. The highest BCUT2D eigenvalue weighted by Gasteiger charge is 2.42. The summed E-state index contributed by atoms with van der Waals surface area (Å²) in [5, 5.41) is 13.9. The second-order valence-electron chi connectivity index (χ2n) is 8.18. The number of hydrogen-bond donors (Lipinski definition) is 1. The number of nitro groups is 1. The molecule has 0 radical (unpaired) electrons. The minimum Gasteiger partial charge on any atom is -0.494 e. The highest BCUT2D eigenvalue weighted by atomic mass is 19.3. The largest absolute Gasteiger partial charge is 0.494 e. The van der Waals surface area contributed by atoms with Crippen LogP contribution in [0.4, 0.5) is 41.1 Å². The monoisotopic (exact) mass is 480 g/mol. The van der Waals surface area contributed by atoms with Gasteiger partial charge in [-0.05, 0) is 19.8 Å². The molecule has 2 amide bonds. The molecule has 13 heteroatoms. The van der Waals surface area contributed by atoms with E-state index in [2.05, 4.69) is 15.3 Å². The number of halogens is 3. The number of methoxy groups -OCH3 is 1. The highest BCUT2D eigenvalue weighted by molar-refractivity contribution is 5.94. The van der Waals surface area contributed by atoms with E-state index in [1.54, 1.807) is 4.90 Å². The van der Waals surface area contributed by atoms with E-state index in [-0.39, 0.29) is 61.5 Å². The van der Waals surface area contributed by atoms with Crippen molar-refractivity contribution in [2.24, 2.45) is 0 Å². The van der Waals surface area contributed by atoms with Crippen LogP contribution in [0.2, 0.25) is 0 Å². The zero-order valence-electron chi connectivity index (χ0n) is 18.6. The average molecular weight is 480 g/mol. The first-order valence-corrected chi connectivity index (χ1v) is 10.7.